The predicted octanol–water partition coefficient (Wildman–Crippen LogP) is 3.25. The zero-order chi connectivity index (χ0) is 18.6. The molecule has 0 radical (unpaired) electrons. The molecule has 0 aliphatic heterocycles. The van der Waals surface area contributed by atoms with Crippen molar-refractivity contribution in [3.05, 3.63) is 53.3 Å². The molecule has 0 aromatic heterocycles. The summed E-state index contributed by atoms with van der Waals surface area (Å²) in [5.74, 6) is -0.437. The summed E-state index contributed by atoms with van der Waals surface area (Å²) in [6, 6.07) is 9.02. The standard InChI is InChI=1S/C18H20FNO4S/c1-12-5-4-6-13(2)18(12)24-10-9-17(21)20-16-11-14(25(3,22)23)7-8-15(16)19/h4-8,11H,9-10H2,1-3H3,(H,20,21). The number of halogens is 1. The Morgan fingerprint density at radius 3 is 2.40 bits per heavy atom. The minimum absolute atomic E-state index is 0.0102. The maximum absolute atomic E-state index is 13.8. The lowest BCUT2D eigenvalue weighted by Crippen LogP contribution is -2.16. The van der Waals surface area contributed by atoms with Crippen LogP contribution in [0.1, 0.15) is 17.5 Å². The summed E-state index contributed by atoms with van der Waals surface area (Å²) in [6.07, 6.45) is 1.03. The van der Waals surface area contributed by atoms with Crippen LogP contribution in [0.2, 0.25) is 0 Å². The van der Waals surface area contributed by atoms with Crippen LogP contribution in [0, 0.1) is 19.7 Å². The van der Waals surface area contributed by atoms with Crippen LogP contribution in [0.15, 0.2) is 41.3 Å². The van der Waals surface area contributed by atoms with E-state index in [0.717, 1.165) is 41.3 Å². The van der Waals surface area contributed by atoms with Gasteiger partial charge < -0.3 is 10.1 Å². The molecular formula is C18H20FNO4S. The second-order valence-electron chi connectivity index (χ2n) is 5.78. The summed E-state index contributed by atoms with van der Waals surface area (Å²) in [7, 11) is -3.48. The van der Waals surface area contributed by atoms with Crippen LogP contribution in [-0.2, 0) is 14.6 Å². The minimum Gasteiger partial charge on any atom is -0.493 e. The Hall–Kier alpha value is -2.41. The van der Waals surface area contributed by atoms with Crippen LogP contribution >= 0.6 is 0 Å². The molecule has 2 rings (SSSR count). The van der Waals surface area contributed by atoms with Crippen LogP contribution in [0.3, 0.4) is 0 Å². The molecule has 2 aromatic rings. The highest BCUT2D eigenvalue weighted by Crippen LogP contribution is 2.23. The number of carbonyl (C=O) groups excluding carboxylic acids is 1. The maximum Gasteiger partial charge on any atom is 0.227 e. The van der Waals surface area contributed by atoms with Gasteiger partial charge in [0, 0.05) is 6.26 Å². The van der Waals surface area contributed by atoms with Crippen molar-refractivity contribution in [2.24, 2.45) is 0 Å². The van der Waals surface area contributed by atoms with E-state index in [1.165, 1.54) is 0 Å². The first-order valence-electron chi connectivity index (χ1n) is 7.67. The average Bonchev–Trinajstić information content (AvgIpc) is 2.51. The number of amides is 1. The highest BCUT2D eigenvalue weighted by atomic mass is 32.2. The average molecular weight is 365 g/mol. The van der Waals surface area contributed by atoms with Gasteiger partial charge in [0.05, 0.1) is 23.6 Å². The summed E-state index contributed by atoms with van der Waals surface area (Å²) >= 11 is 0. The lowest BCUT2D eigenvalue weighted by Gasteiger charge is -2.12. The molecule has 0 atom stereocenters. The highest BCUT2D eigenvalue weighted by Gasteiger charge is 2.13. The number of hydrogen-bond acceptors (Lipinski definition) is 4. The molecule has 0 aliphatic rings. The number of nitrogens with one attached hydrogen (secondary N) is 1. The van der Waals surface area contributed by atoms with Gasteiger partial charge in [-0.25, -0.2) is 12.8 Å². The van der Waals surface area contributed by atoms with E-state index in [1.54, 1.807) is 0 Å². The molecule has 134 valence electrons. The first-order chi connectivity index (χ1) is 11.7. The Balaban J connectivity index is 1.99. The lowest BCUT2D eigenvalue weighted by atomic mass is 10.1. The molecule has 0 fully saturated rings. The third-order valence-electron chi connectivity index (χ3n) is 3.62. The number of hydrogen-bond donors (Lipinski definition) is 1. The second kappa shape index (κ2) is 7.65. The molecule has 0 aliphatic carbocycles. The van der Waals surface area contributed by atoms with Crippen molar-refractivity contribution in [2.75, 3.05) is 18.2 Å². The first-order valence-corrected chi connectivity index (χ1v) is 9.56. The third kappa shape index (κ3) is 5.03. The summed E-state index contributed by atoms with van der Waals surface area (Å²) in [6.45, 7) is 3.95. The van der Waals surface area contributed by atoms with Gasteiger partial charge in [0.25, 0.3) is 0 Å². The number of ether oxygens (including phenoxy) is 1. The van der Waals surface area contributed by atoms with Gasteiger partial charge in [0.15, 0.2) is 9.84 Å². The van der Waals surface area contributed by atoms with E-state index in [9.17, 15) is 17.6 Å². The molecule has 7 heteroatoms. The smallest absolute Gasteiger partial charge is 0.227 e. The molecule has 0 saturated carbocycles. The minimum atomic E-state index is -3.48. The van der Waals surface area contributed by atoms with E-state index in [4.69, 9.17) is 4.74 Å². The predicted molar refractivity (Wildman–Crippen MR) is 94.2 cm³/mol. The van der Waals surface area contributed by atoms with E-state index in [2.05, 4.69) is 5.32 Å². The molecule has 0 heterocycles. The SMILES string of the molecule is Cc1cccc(C)c1OCCC(=O)Nc1cc(S(C)(=O)=O)ccc1F. The van der Waals surface area contributed by atoms with Crippen molar-refractivity contribution in [3.8, 4) is 5.75 Å². The number of aryl methyl sites for hydroxylation is 2. The Morgan fingerprint density at radius 1 is 1.16 bits per heavy atom. The van der Waals surface area contributed by atoms with E-state index >= 15 is 0 Å². The number of benzene rings is 2. The third-order valence-corrected chi connectivity index (χ3v) is 4.73. The van der Waals surface area contributed by atoms with Crippen molar-refractivity contribution < 1.29 is 22.3 Å². The number of anilines is 1. The van der Waals surface area contributed by atoms with Crippen LogP contribution in [0.5, 0.6) is 5.75 Å². The van der Waals surface area contributed by atoms with Gasteiger partial charge in [0.1, 0.15) is 11.6 Å². The quantitative estimate of drug-likeness (QED) is 0.798. The van der Waals surface area contributed by atoms with Gasteiger partial charge in [-0.2, -0.15) is 0 Å². The van der Waals surface area contributed by atoms with Crippen LogP contribution in [-0.4, -0.2) is 27.2 Å². The number of rotatable bonds is 6. The highest BCUT2D eigenvalue weighted by molar-refractivity contribution is 7.90. The lowest BCUT2D eigenvalue weighted by molar-refractivity contribution is -0.116. The molecule has 2 aromatic carbocycles. The van der Waals surface area contributed by atoms with Crippen LogP contribution in [0.4, 0.5) is 10.1 Å². The number of carbonyl (C=O) groups is 1. The molecular weight excluding hydrogens is 345 g/mol. The monoisotopic (exact) mass is 365 g/mol. The van der Waals surface area contributed by atoms with E-state index in [1.807, 2.05) is 32.0 Å². The van der Waals surface area contributed by atoms with Crippen LogP contribution < -0.4 is 10.1 Å². The molecule has 1 N–H and O–H groups in total. The van der Waals surface area contributed by atoms with Crippen LogP contribution in [0.25, 0.3) is 0 Å². The van der Waals surface area contributed by atoms with Gasteiger partial charge in [0.2, 0.25) is 5.91 Å². The zero-order valence-corrected chi connectivity index (χ0v) is 15.1. The Labute approximate surface area is 146 Å². The second-order valence-corrected chi connectivity index (χ2v) is 7.80. The molecule has 0 saturated heterocycles. The van der Waals surface area contributed by atoms with Crippen molar-refractivity contribution in [1.29, 1.82) is 0 Å². The van der Waals surface area contributed by atoms with E-state index in [0.29, 0.717) is 0 Å². The molecule has 0 bridgehead atoms. The van der Waals surface area contributed by atoms with Gasteiger partial charge in [-0.15, -0.1) is 0 Å². The van der Waals surface area contributed by atoms with Gasteiger partial charge >= 0.3 is 0 Å². The molecule has 5 nitrogen and oxygen atoms in total. The molecule has 0 unspecified atom stereocenters. The summed E-state index contributed by atoms with van der Waals surface area (Å²) < 4.78 is 42.4. The normalized spacial score (nSPS) is 11.2. The van der Waals surface area contributed by atoms with Crippen molar-refractivity contribution in [1.82, 2.24) is 0 Å². The van der Waals surface area contributed by atoms with Gasteiger partial charge in [-0.3, -0.25) is 4.79 Å². The summed E-state index contributed by atoms with van der Waals surface area (Å²) in [4.78, 5) is 11.9. The summed E-state index contributed by atoms with van der Waals surface area (Å²) in [5, 5.41) is 2.38. The Morgan fingerprint density at radius 2 is 1.80 bits per heavy atom. The fraction of sp³-hybridized carbons (Fsp3) is 0.278. The fourth-order valence-corrected chi connectivity index (χ4v) is 2.96. The number of para-hydroxylation sites is 1. The molecule has 0 spiro atoms. The van der Waals surface area contributed by atoms with Crippen molar-refractivity contribution in [2.45, 2.75) is 25.2 Å². The first kappa shape index (κ1) is 18.9. The molecule has 1 amide bonds. The van der Waals surface area contributed by atoms with Gasteiger partial charge in [-0.05, 0) is 43.2 Å². The molecule has 25 heavy (non-hydrogen) atoms. The van der Waals surface area contributed by atoms with Crippen molar-refractivity contribution >= 4 is 21.4 Å². The Bertz CT molecular complexity index is 874. The van der Waals surface area contributed by atoms with Gasteiger partial charge in [-0.1, -0.05) is 18.2 Å². The Kier molecular flexibility index (Phi) is 5.79. The summed E-state index contributed by atoms with van der Waals surface area (Å²) in [5.41, 5.74) is 1.76. The zero-order valence-electron chi connectivity index (χ0n) is 14.3. The fourth-order valence-electron chi connectivity index (χ4n) is 2.32. The van der Waals surface area contributed by atoms with Crippen molar-refractivity contribution in [3.63, 3.8) is 0 Å². The van der Waals surface area contributed by atoms with E-state index < -0.39 is 21.6 Å². The van der Waals surface area contributed by atoms with E-state index in [-0.39, 0.29) is 23.6 Å². The number of sulfone groups is 1. The maximum atomic E-state index is 13.8. The topological polar surface area (TPSA) is 72.5 Å². The largest absolute Gasteiger partial charge is 0.493 e.